The monoisotopic (exact) mass is 737 g/mol. The number of piperidine rings is 2. The first-order chi connectivity index (χ1) is 26.7. The minimum atomic E-state index is -0.587. The fraction of sp³-hybridized carbons (Fsp3) is 0.413. The molecule has 284 valence electrons. The van der Waals surface area contributed by atoms with Crippen LogP contribution in [0.1, 0.15) is 83.1 Å². The first kappa shape index (κ1) is 35.5. The summed E-state index contributed by atoms with van der Waals surface area (Å²) in [5.74, 6) is 0.486. The van der Waals surface area contributed by atoms with Gasteiger partial charge in [-0.2, -0.15) is 0 Å². The molecule has 4 heterocycles. The molecular weight excluding hydrogens is 687 g/mol. The average molecular weight is 738 g/mol. The van der Waals surface area contributed by atoms with E-state index in [-0.39, 0.29) is 35.5 Å². The highest BCUT2D eigenvalue weighted by Crippen LogP contribution is 2.51. The molecule has 0 bridgehead atoms. The predicted octanol–water partition coefficient (Wildman–Crippen LogP) is 6.23. The number of nitrogens with zero attached hydrogens (tertiary/aromatic N) is 4. The second-order valence-corrected chi connectivity index (χ2v) is 16.7. The number of carbonyl (C=O) groups excluding carboxylic acids is 3. The molecule has 3 fully saturated rings. The topological polar surface area (TPSA) is 96.4 Å². The largest absolute Gasteiger partial charge is 0.508 e. The van der Waals surface area contributed by atoms with E-state index >= 15 is 0 Å². The number of rotatable bonds is 7. The minimum absolute atomic E-state index is 0.0422. The standard InChI is InChI=1S/C46H51N5O4/c1-46(35-5-3-2-4-6-35)20-17-33-28-38(52)12-14-39(33)43(46)32-7-9-36(10-8-32)49-21-18-31(19-22-49)29-48-23-25-50(26-24-48)37-11-13-40-34(27-37)30-51(45(40)55)41-15-16-42(53)47-44(41)54/h2-14,27-28,31,41,43,52H,15-26,29-30H2,1H3,(H,47,53,54)/t41-,43-,46-/m0/s1. The van der Waals surface area contributed by atoms with E-state index in [2.05, 4.69) is 93.7 Å². The first-order valence-corrected chi connectivity index (χ1v) is 20.2. The molecule has 0 aromatic heterocycles. The predicted molar refractivity (Wildman–Crippen MR) is 215 cm³/mol. The lowest BCUT2D eigenvalue weighted by atomic mass is 9.59. The third-order valence-corrected chi connectivity index (χ3v) is 13.4. The van der Waals surface area contributed by atoms with Crippen molar-refractivity contribution in [2.24, 2.45) is 5.92 Å². The van der Waals surface area contributed by atoms with Crippen LogP contribution in [-0.4, -0.2) is 84.5 Å². The Morgan fingerprint density at radius 1 is 0.745 bits per heavy atom. The summed E-state index contributed by atoms with van der Waals surface area (Å²) < 4.78 is 0. The van der Waals surface area contributed by atoms with Gasteiger partial charge >= 0.3 is 0 Å². The highest BCUT2D eigenvalue weighted by molar-refractivity contribution is 6.05. The van der Waals surface area contributed by atoms with Crippen LogP contribution in [0.5, 0.6) is 5.75 Å². The fourth-order valence-electron chi connectivity index (χ4n) is 10.2. The number of carbonyl (C=O) groups is 3. The molecule has 2 N–H and O–H groups in total. The van der Waals surface area contributed by atoms with Crippen LogP contribution < -0.4 is 15.1 Å². The van der Waals surface area contributed by atoms with Crippen LogP contribution in [-0.2, 0) is 28.0 Å². The maximum atomic E-state index is 13.2. The number of hydrogen-bond acceptors (Lipinski definition) is 7. The summed E-state index contributed by atoms with van der Waals surface area (Å²) in [5.41, 5.74) is 9.30. The van der Waals surface area contributed by atoms with Crippen molar-refractivity contribution in [2.75, 3.05) is 55.6 Å². The molecule has 3 amide bonds. The molecule has 4 aliphatic heterocycles. The molecule has 4 aromatic rings. The summed E-state index contributed by atoms with van der Waals surface area (Å²) in [7, 11) is 0. The van der Waals surface area contributed by atoms with E-state index in [0.717, 1.165) is 69.9 Å². The smallest absolute Gasteiger partial charge is 0.255 e. The Bertz CT molecular complexity index is 2090. The molecule has 55 heavy (non-hydrogen) atoms. The number of aromatic hydroxyl groups is 1. The van der Waals surface area contributed by atoms with Gasteiger partial charge in [0.05, 0.1) is 0 Å². The lowest BCUT2D eigenvalue weighted by Crippen LogP contribution is -2.52. The number of aryl methyl sites for hydroxylation is 1. The number of phenolic OH excluding ortho intramolecular Hbond substituents is 1. The molecule has 1 aliphatic carbocycles. The maximum absolute atomic E-state index is 13.2. The first-order valence-electron chi connectivity index (χ1n) is 20.2. The number of anilines is 2. The molecule has 9 nitrogen and oxygen atoms in total. The van der Waals surface area contributed by atoms with Crippen molar-refractivity contribution >= 4 is 29.1 Å². The van der Waals surface area contributed by atoms with Crippen molar-refractivity contribution in [3.8, 4) is 5.75 Å². The number of hydrogen-bond donors (Lipinski definition) is 2. The quantitative estimate of drug-likeness (QED) is 0.217. The van der Waals surface area contributed by atoms with E-state index < -0.39 is 6.04 Å². The van der Waals surface area contributed by atoms with E-state index in [1.807, 2.05) is 24.3 Å². The Hall–Kier alpha value is -5.15. The second-order valence-electron chi connectivity index (χ2n) is 16.7. The molecular formula is C46H51N5O4. The van der Waals surface area contributed by atoms with Crippen LogP contribution in [0.3, 0.4) is 0 Å². The molecule has 3 saturated heterocycles. The van der Waals surface area contributed by atoms with Gasteiger partial charge in [-0.1, -0.05) is 55.5 Å². The number of benzene rings is 4. The van der Waals surface area contributed by atoms with Gasteiger partial charge in [0.1, 0.15) is 11.8 Å². The average Bonchev–Trinajstić information content (AvgIpc) is 3.53. The lowest BCUT2D eigenvalue weighted by molar-refractivity contribution is -0.136. The van der Waals surface area contributed by atoms with E-state index in [9.17, 15) is 19.5 Å². The van der Waals surface area contributed by atoms with Gasteiger partial charge in [-0.15, -0.1) is 0 Å². The van der Waals surface area contributed by atoms with Gasteiger partial charge in [-0.3, -0.25) is 24.6 Å². The molecule has 0 unspecified atom stereocenters. The Balaban J connectivity index is 0.790. The Kier molecular flexibility index (Phi) is 9.37. The normalized spacial score (nSPS) is 24.8. The third kappa shape index (κ3) is 6.77. The zero-order chi connectivity index (χ0) is 37.7. The minimum Gasteiger partial charge on any atom is -0.508 e. The summed E-state index contributed by atoms with van der Waals surface area (Å²) in [4.78, 5) is 46.5. The van der Waals surface area contributed by atoms with E-state index in [1.165, 1.54) is 40.8 Å². The maximum Gasteiger partial charge on any atom is 0.255 e. The van der Waals surface area contributed by atoms with Crippen molar-refractivity contribution in [3.05, 3.63) is 124 Å². The van der Waals surface area contributed by atoms with Crippen molar-refractivity contribution in [3.63, 3.8) is 0 Å². The van der Waals surface area contributed by atoms with Crippen molar-refractivity contribution in [2.45, 2.75) is 69.4 Å². The third-order valence-electron chi connectivity index (χ3n) is 13.4. The summed E-state index contributed by atoms with van der Waals surface area (Å²) in [6.07, 6.45) is 5.02. The fourth-order valence-corrected chi connectivity index (χ4v) is 10.2. The number of nitrogens with one attached hydrogen (secondary N) is 1. The van der Waals surface area contributed by atoms with Crippen LogP contribution in [0.2, 0.25) is 0 Å². The van der Waals surface area contributed by atoms with Crippen LogP contribution in [0.25, 0.3) is 0 Å². The highest BCUT2D eigenvalue weighted by Gasteiger charge is 2.42. The van der Waals surface area contributed by atoms with Crippen LogP contribution >= 0.6 is 0 Å². The number of phenols is 1. The summed E-state index contributed by atoms with van der Waals surface area (Å²) in [6, 6.07) is 31.8. The molecule has 3 atom stereocenters. The van der Waals surface area contributed by atoms with Crippen LogP contribution in [0.15, 0.2) is 91.0 Å². The molecule has 9 heteroatoms. The number of imide groups is 1. The SMILES string of the molecule is C[C@@]1(c2ccccc2)CCc2cc(O)ccc2[C@@H]1c1ccc(N2CCC(CN3CCN(c4ccc5c(c4)CN([C@H]4CCC(=O)NC4=O)C5=O)CC3)CC2)cc1. The van der Waals surface area contributed by atoms with E-state index in [0.29, 0.717) is 30.2 Å². The number of amides is 3. The van der Waals surface area contributed by atoms with Gasteiger partial charge in [0.15, 0.2) is 0 Å². The Morgan fingerprint density at radius 2 is 1.47 bits per heavy atom. The molecule has 0 saturated carbocycles. The zero-order valence-electron chi connectivity index (χ0n) is 31.8. The van der Waals surface area contributed by atoms with Gasteiger partial charge < -0.3 is 19.8 Å². The Labute approximate surface area is 323 Å². The summed E-state index contributed by atoms with van der Waals surface area (Å²) in [5, 5.41) is 12.7. The van der Waals surface area contributed by atoms with E-state index in [1.54, 1.807) is 4.90 Å². The lowest BCUT2D eigenvalue weighted by Gasteiger charge is -2.44. The Morgan fingerprint density at radius 3 is 2.22 bits per heavy atom. The van der Waals surface area contributed by atoms with E-state index in [4.69, 9.17) is 0 Å². The molecule has 5 aliphatic rings. The van der Waals surface area contributed by atoms with Gasteiger partial charge in [0.25, 0.3) is 5.91 Å². The molecule has 0 radical (unpaired) electrons. The molecule has 0 spiro atoms. The van der Waals surface area contributed by atoms with Gasteiger partial charge in [-0.05, 0) is 108 Å². The zero-order valence-corrected chi connectivity index (χ0v) is 31.8. The van der Waals surface area contributed by atoms with Crippen LogP contribution in [0.4, 0.5) is 11.4 Å². The van der Waals surface area contributed by atoms with Crippen molar-refractivity contribution in [1.82, 2.24) is 15.1 Å². The van der Waals surface area contributed by atoms with Crippen molar-refractivity contribution < 1.29 is 19.5 Å². The summed E-state index contributed by atoms with van der Waals surface area (Å²) in [6.45, 7) is 10.0. The second kappa shape index (κ2) is 14.5. The molecule has 4 aromatic carbocycles. The van der Waals surface area contributed by atoms with Gasteiger partial charge in [0.2, 0.25) is 11.8 Å². The van der Waals surface area contributed by atoms with Crippen LogP contribution in [0, 0.1) is 5.92 Å². The number of fused-ring (bicyclic) bond motifs is 2. The van der Waals surface area contributed by atoms with Gasteiger partial charge in [-0.25, -0.2) is 0 Å². The van der Waals surface area contributed by atoms with Crippen molar-refractivity contribution in [1.29, 1.82) is 0 Å². The molecule has 9 rings (SSSR count). The number of piperazine rings is 1. The summed E-state index contributed by atoms with van der Waals surface area (Å²) >= 11 is 0. The van der Waals surface area contributed by atoms with Gasteiger partial charge in [0, 0.05) is 87.0 Å². The highest BCUT2D eigenvalue weighted by atomic mass is 16.3.